The van der Waals surface area contributed by atoms with Crippen LogP contribution < -0.4 is 11.2 Å². The number of thiophene rings is 1. The first-order valence-corrected chi connectivity index (χ1v) is 9.54. The molecule has 26 heavy (non-hydrogen) atoms. The zero-order valence-corrected chi connectivity index (χ0v) is 15.8. The molecule has 0 radical (unpaired) electrons. The maximum Gasteiger partial charge on any atom is 0.237 e. The van der Waals surface area contributed by atoms with Gasteiger partial charge < -0.3 is 11.2 Å². The number of thioether (sulfide) groups is 1. The second kappa shape index (κ2) is 7.71. The monoisotopic (exact) mass is 387 g/mol. The van der Waals surface area contributed by atoms with E-state index in [1.54, 1.807) is 31.2 Å². The fourth-order valence-corrected chi connectivity index (χ4v) is 3.68. The summed E-state index contributed by atoms with van der Waals surface area (Å²) in [7, 11) is 0. The van der Waals surface area contributed by atoms with Crippen LogP contribution >= 0.6 is 23.1 Å². The molecule has 134 valence electrons. The van der Waals surface area contributed by atoms with Gasteiger partial charge in [-0.2, -0.15) is 0 Å². The quantitative estimate of drug-likeness (QED) is 0.383. The molecule has 0 spiro atoms. The van der Waals surface area contributed by atoms with Gasteiger partial charge in [0.1, 0.15) is 0 Å². The van der Waals surface area contributed by atoms with E-state index in [2.05, 4.69) is 15.5 Å². The third kappa shape index (κ3) is 3.94. The number of amides is 1. The molecule has 2 heterocycles. The molecule has 0 aliphatic rings. The van der Waals surface area contributed by atoms with E-state index in [-0.39, 0.29) is 11.7 Å². The van der Waals surface area contributed by atoms with Crippen LogP contribution in [0, 0.1) is 0 Å². The van der Waals surface area contributed by atoms with Crippen LogP contribution in [0.3, 0.4) is 0 Å². The first-order valence-electron chi connectivity index (χ1n) is 7.78. The van der Waals surface area contributed by atoms with Crippen LogP contribution in [-0.4, -0.2) is 31.8 Å². The van der Waals surface area contributed by atoms with E-state index < -0.39 is 5.25 Å². The second-order valence-electron chi connectivity index (χ2n) is 5.54. The summed E-state index contributed by atoms with van der Waals surface area (Å²) in [5, 5.41) is 12.9. The summed E-state index contributed by atoms with van der Waals surface area (Å²) in [6, 6.07) is 10.6. The lowest BCUT2D eigenvalue weighted by atomic mass is 10.1. The van der Waals surface area contributed by atoms with Crippen LogP contribution in [0.2, 0.25) is 0 Å². The highest BCUT2D eigenvalue weighted by molar-refractivity contribution is 8.00. The number of ketones is 1. The van der Waals surface area contributed by atoms with Gasteiger partial charge in [0, 0.05) is 11.3 Å². The zero-order valence-electron chi connectivity index (χ0n) is 14.2. The Labute approximate surface area is 158 Å². The van der Waals surface area contributed by atoms with Gasteiger partial charge >= 0.3 is 0 Å². The number of Topliss-reactive ketones (excluding diaryl/α,β-unsaturated/α-hetero) is 1. The molecule has 0 saturated carbocycles. The van der Waals surface area contributed by atoms with Crippen molar-refractivity contribution in [2.24, 2.45) is 0 Å². The van der Waals surface area contributed by atoms with E-state index >= 15 is 0 Å². The Morgan fingerprint density at radius 3 is 2.77 bits per heavy atom. The van der Waals surface area contributed by atoms with Gasteiger partial charge in [-0.05, 0) is 37.4 Å². The van der Waals surface area contributed by atoms with E-state index in [0.717, 1.165) is 4.88 Å². The van der Waals surface area contributed by atoms with Crippen molar-refractivity contribution in [2.75, 3.05) is 11.2 Å². The first-order chi connectivity index (χ1) is 12.5. The Kier molecular flexibility index (Phi) is 5.38. The van der Waals surface area contributed by atoms with Crippen molar-refractivity contribution >= 4 is 40.5 Å². The third-order valence-corrected chi connectivity index (χ3v) is 5.52. The maximum atomic E-state index is 12.4. The summed E-state index contributed by atoms with van der Waals surface area (Å²) >= 11 is 2.73. The predicted octanol–water partition coefficient (Wildman–Crippen LogP) is 3.04. The molecule has 0 aliphatic heterocycles. The van der Waals surface area contributed by atoms with Gasteiger partial charge in [0.25, 0.3) is 0 Å². The van der Waals surface area contributed by atoms with Gasteiger partial charge in [0.2, 0.25) is 11.1 Å². The molecule has 1 atom stereocenters. The lowest BCUT2D eigenvalue weighted by Crippen LogP contribution is -2.23. The molecule has 1 amide bonds. The summed E-state index contributed by atoms with van der Waals surface area (Å²) in [6.45, 7) is 3.24. The average molecular weight is 387 g/mol. The van der Waals surface area contributed by atoms with Gasteiger partial charge in [-0.25, -0.2) is 4.68 Å². The number of nitrogens with zero attached hydrogens (tertiary/aromatic N) is 3. The van der Waals surface area contributed by atoms with E-state index in [4.69, 9.17) is 5.84 Å². The highest BCUT2D eigenvalue weighted by Gasteiger charge is 2.20. The minimum atomic E-state index is -0.446. The molecule has 3 rings (SSSR count). The summed E-state index contributed by atoms with van der Waals surface area (Å²) in [5.41, 5.74) is 1.12. The summed E-state index contributed by atoms with van der Waals surface area (Å²) < 4.78 is 1.39. The number of nitrogen functional groups attached to an aromatic ring is 1. The molecular formula is C17H17N5O2S2. The number of hydrogen-bond acceptors (Lipinski definition) is 7. The molecule has 2 aromatic heterocycles. The number of rotatable bonds is 6. The summed E-state index contributed by atoms with van der Waals surface area (Å²) in [4.78, 5) is 24.8. The molecule has 1 unspecified atom stereocenters. The molecule has 7 nitrogen and oxygen atoms in total. The fraction of sp³-hybridized carbons (Fsp3) is 0.176. The van der Waals surface area contributed by atoms with Crippen molar-refractivity contribution < 1.29 is 9.59 Å². The van der Waals surface area contributed by atoms with Crippen molar-refractivity contribution in [3.05, 3.63) is 47.3 Å². The minimum absolute atomic E-state index is 0.0548. The van der Waals surface area contributed by atoms with Gasteiger partial charge in [0.05, 0.1) is 10.1 Å². The molecule has 0 saturated heterocycles. The molecule has 0 aliphatic carbocycles. The highest BCUT2D eigenvalue weighted by atomic mass is 32.2. The van der Waals surface area contributed by atoms with Crippen molar-refractivity contribution in [2.45, 2.75) is 24.3 Å². The molecule has 1 aromatic carbocycles. The first kappa shape index (κ1) is 18.2. The molecule has 3 aromatic rings. The highest BCUT2D eigenvalue weighted by Crippen LogP contribution is 2.27. The Morgan fingerprint density at radius 1 is 1.27 bits per heavy atom. The van der Waals surface area contributed by atoms with Gasteiger partial charge in [-0.3, -0.25) is 9.59 Å². The fourth-order valence-electron chi connectivity index (χ4n) is 2.20. The predicted molar refractivity (Wildman–Crippen MR) is 104 cm³/mol. The normalized spacial score (nSPS) is 11.9. The molecule has 3 N–H and O–H groups in total. The Balaban J connectivity index is 1.68. The smallest absolute Gasteiger partial charge is 0.237 e. The van der Waals surface area contributed by atoms with Crippen LogP contribution in [0.25, 0.3) is 10.7 Å². The molecule has 0 bridgehead atoms. The molecular weight excluding hydrogens is 370 g/mol. The number of nitrogens with one attached hydrogen (secondary N) is 1. The van der Waals surface area contributed by atoms with E-state index in [9.17, 15) is 9.59 Å². The Hall–Kier alpha value is -2.65. The largest absolute Gasteiger partial charge is 0.335 e. The van der Waals surface area contributed by atoms with Gasteiger partial charge in [-0.1, -0.05) is 30.0 Å². The lowest BCUT2D eigenvalue weighted by Gasteiger charge is -2.12. The number of hydrogen-bond donors (Lipinski definition) is 2. The number of carbonyl (C=O) groups is 2. The van der Waals surface area contributed by atoms with E-state index in [0.29, 0.717) is 22.2 Å². The Morgan fingerprint density at radius 2 is 2.08 bits per heavy atom. The van der Waals surface area contributed by atoms with Gasteiger partial charge in [0.15, 0.2) is 11.6 Å². The van der Waals surface area contributed by atoms with Crippen LogP contribution in [0.5, 0.6) is 0 Å². The van der Waals surface area contributed by atoms with E-state index in [1.165, 1.54) is 34.7 Å². The van der Waals surface area contributed by atoms with Crippen molar-refractivity contribution in [1.82, 2.24) is 14.9 Å². The Bertz CT molecular complexity index is 937. The maximum absolute atomic E-state index is 12.4. The second-order valence-corrected chi connectivity index (χ2v) is 7.80. The average Bonchev–Trinajstić information content (AvgIpc) is 3.25. The van der Waals surface area contributed by atoms with Crippen LogP contribution in [-0.2, 0) is 4.79 Å². The van der Waals surface area contributed by atoms with Crippen molar-refractivity contribution in [3.8, 4) is 10.7 Å². The van der Waals surface area contributed by atoms with Crippen LogP contribution in [0.15, 0.2) is 46.9 Å². The summed E-state index contributed by atoms with van der Waals surface area (Å²) in [5.74, 6) is 6.35. The lowest BCUT2D eigenvalue weighted by molar-refractivity contribution is -0.115. The number of aromatic nitrogens is 3. The standard InChI is InChI=1S/C17H17N5O2S2/c1-10(23)12-5-3-6-13(9-12)19-16(24)11(2)26-17-21-20-15(22(17)18)14-7-4-8-25-14/h3-9,11H,18H2,1-2H3,(H,19,24). The number of carbonyl (C=O) groups excluding carboxylic acids is 2. The van der Waals surface area contributed by atoms with Gasteiger partial charge in [-0.15, -0.1) is 21.5 Å². The van der Waals surface area contributed by atoms with Crippen LogP contribution in [0.1, 0.15) is 24.2 Å². The summed E-state index contributed by atoms with van der Waals surface area (Å²) in [6.07, 6.45) is 0. The SMILES string of the molecule is CC(=O)c1cccc(NC(=O)C(C)Sc2nnc(-c3cccs3)n2N)c1. The topological polar surface area (TPSA) is 103 Å². The third-order valence-electron chi connectivity index (χ3n) is 3.59. The van der Waals surface area contributed by atoms with E-state index in [1.807, 2.05) is 17.5 Å². The molecule has 9 heteroatoms. The van der Waals surface area contributed by atoms with Crippen molar-refractivity contribution in [1.29, 1.82) is 0 Å². The zero-order chi connectivity index (χ0) is 18.7. The number of anilines is 1. The van der Waals surface area contributed by atoms with Crippen LogP contribution in [0.4, 0.5) is 5.69 Å². The van der Waals surface area contributed by atoms with Crippen molar-refractivity contribution in [3.63, 3.8) is 0 Å². The minimum Gasteiger partial charge on any atom is -0.335 e. The number of benzene rings is 1. The molecule has 0 fully saturated rings. The number of nitrogens with two attached hydrogens (primary N) is 1.